The smallest absolute Gasteiger partial charge is 0.236 e. The lowest BCUT2D eigenvalue weighted by atomic mass is 10.1. The third-order valence-corrected chi connectivity index (χ3v) is 8.09. The Bertz CT molecular complexity index is 1730. The first-order valence-corrected chi connectivity index (χ1v) is 13.9. The SMILES string of the molecule is Nc1n[nH]c2cc(-c3nc([C@H](Cc4ccccc4)NC(=O)CS(=O)(=O)c4cccc(Cl)c4)[nH]c3Cl)ccc12. The number of nitrogens with zero attached hydrogens (tertiary/aromatic N) is 2. The second-order valence-corrected chi connectivity index (χ2v) is 11.5. The van der Waals surface area contributed by atoms with Crippen molar-refractivity contribution in [1.29, 1.82) is 0 Å². The number of imidazole rings is 1. The van der Waals surface area contributed by atoms with Crippen LogP contribution < -0.4 is 11.1 Å². The molecular weight excluding hydrogens is 547 g/mol. The number of aromatic nitrogens is 4. The van der Waals surface area contributed by atoms with E-state index in [0.29, 0.717) is 29.3 Å². The summed E-state index contributed by atoms with van der Waals surface area (Å²) in [5.41, 5.74) is 8.68. The molecule has 0 aliphatic heterocycles. The van der Waals surface area contributed by atoms with Gasteiger partial charge in [0.25, 0.3) is 0 Å². The van der Waals surface area contributed by atoms with Crippen molar-refractivity contribution in [2.75, 3.05) is 11.5 Å². The highest BCUT2D eigenvalue weighted by Gasteiger charge is 2.25. The summed E-state index contributed by atoms with van der Waals surface area (Å²) in [7, 11) is -3.92. The van der Waals surface area contributed by atoms with Crippen molar-refractivity contribution in [2.24, 2.45) is 0 Å². The fourth-order valence-corrected chi connectivity index (χ4v) is 5.82. The molecule has 1 amide bonds. The Balaban J connectivity index is 1.44. The number of benzene rings is 3. The number of rotatable bonds is 8. The predicted octanol–water partition coefficient (Wildman–Crippen LogP) is 4.72. The van der Waals surface area contributed by atoms with Crippen molar-refractivity contribution in [1.82, 2.24) is 25.5 Å². The Morgan fingerprint density at radius 3 is 2.58 bits per heavy atom. The standard InChI is InChI=1S/C26H22Cl2N6O3S/c27-17-7-4-8-18(13-17)38(36,37)14-22(35)30-21(11-15-5-2-1-3-6-15)26-31-23(24(28)32-26)16-9-10-19-20(12-16)33-34-25(19)29/h1-10,12-13,21H,11,14H2,(H,30,35)(H,31,32)(H3,29,33,34)/t21-/m0/s1. The Kier molecular flexibility index (Phi) is 7.11. The molecular formula is C26H22Cl2N6O3S. The highest BCUT2D eigenvalue weighted by Crippen LogP contribution is 2.31. The molecule has 5 rings (SSSR count). The molecule has 2 aromatic heterocycles. The minimum absolute atomic E-state index is 0.0297. The quantitative estimate of drug-likeness (QED) is 0.213. The second kappa shape index (κ2) is 10.5. The Morgan fingerprint density at radius 2 is 1.82 bits per heavy atom. The number of anilines is 1. The first kappa shape index (κ1) is 25.8. The summed E-state index contributed by atoms with van der Waals surface area (Å²) in [6.45, 7) is 0. The number of nitrogen functional groups attached to an aromatic ring is 1. The number of carbonyl (C=O) groups is 1. The number of nitrogens with two attached hydrogens (primary N) is 1. The van der Waals surface area contributed by atoms with Gasteiger partial charge in [-0.05, 0) is 42.3 Å². The maximum Gasteiger partial charge on any atom is 0.236 e. The van der Waals surface area contributed by atoms with Crippen LogP contribution in [0.5, 0.6) is 0 Å². The normalized spacial score (nSPS) is 12.5. The van der Waals surface area contributed by atoms with Crippen LogP contribution >= 0.6 is 23.2 Å². The average molecular weight is 569 g/mol. The lowest BCUT2D eigenvalue weighted by Crippen LogP contribution is -2.35. The van der Waals surface area contributed by atoms with Crippen LogP contribution in [-0.2, 0) is 21.1 Å². The van der Waals surface area contributed by atoms with E-state index in [4.69, 9.17) is 28.9 Å². The minimum atomic E-state index is -3.92. The number of H-pyrrole nitrogens is 2. The van der Waals surface area contributed by atoms with Crippen molar-refractivity contribution in [3.05, 3.63) is 94.4 Å². The molecule has 38 heavy (non-hydrogen) atoms. The summed E-state index contributed by atoms with van der Waals surface area (Å²) in [5, 5.41) is 11.0. The molecule has 0 aliphatic carbocycles. The molecule has 9 nitrogen and oxygen atoms in total. The van der Waals surface area contributed by atoms with Gasteiger partial charge in [0.2, 0.25) is 5.91 Å². The third-order valence-electron chi connectivity index (χ3n) is 5.97. The lowest BCUT2D eigenvalue weighted by Gasteiger charge is -2.17. The summed E-state index contributed by atoms with van der Waals surface area (Å²) in [5.74, 6) is -0.669. The number of nitrogens with one attached hydrogen (secondary N) is 3. The van der Waals surface area contributed by atoms with E-state index in [1.165, 1.54) is 18.2 Å². The maximum absolute atomic E-state index is 13.0. The second-order valence-electron chi connectivity index (χ2n) is 8.68. The molecule has 0 radical (unpaired) electrons. The molecule has 0 saturated heterocycles. The van der Waals surface area contributed by atoms with Crippen molar-refractivity contribution in [2.45, 2.75) is 17.4 Å². The molecule has 0 fully saturated rings. The maximum atomic E-state index is 13.0. The van der Waals surface area contributed by atoms with Gasteiger partial charge in [-0.15, -0.1) is 0 Å². The van der Waals surface area contributed by atoms with Gasteiger partial charge in [-0.3, -0.25) is 9.89 Å². The summed E-state index contributed by atoms with van der Waals surface area (Å²) in [4.78, 5) is 20.7. The van der Waals surface area contributed by atoms with Crippen LogP contribution in [0.15, 0.2) is 77.7 Å². The Labute approximate surface area is 228 Å². The van der Waals surface area contributed by atoms with Crippen LogP contribution in [0, 0.1) is 0 Å². The van der Waals surface area contributed by atoms with Gasteiger partial charge in [-0.2, -0.15) is 5.10 Å². The number of carbonyl (C=O) groups excluding carboxylic acids is 1. The van der Waals surface area contributed by atoms with E-state index in [2.05, 4.69) is 25.5 Å². The average Bonchev–Trinajstić information content (AvgIpc) is 3.46. The highest BCUT2D eigenvalue weighted by atomic mass is 35.5. The number of aromatic amines is 2. The highest BCUT2D eigenvalue weighted by molar-refractivity contribution is 7.92. The van der Waals surface area contributed by atoms with Gasteiger partial charge in [0.15, 0.2) is 15.7 Å². The molecule has 5 aromatic rings. The molecule has 0 unspecified atom stereocenters. The van der Waals surface area contributed by atoms with Gasteiger partial charge in [0.1, 0.15) is 22.4 Å². The molecule has 3 aromatic carbocycles. The van der Waals surface area contributed by atoms with Gasteiger partial charge < -0.3 is 16.0 Å². The summed E-state index contributed by atoms with van der Waals surface area (Å²) in [6, 6.07) is 20.0. The Hall–Kier alpha value is -3.86. The largest absolute Gasteiger partial charge is 0.382 e. The zero-order valence-corrected chi connectivity index (χ0v) is 22.1. The topological polar surface area (TPSA) is 147 Å². The molecule has 2 heterocycles. The molecule has 0 aliphatic rings. The number of halogens is 2. The molecule has 12 heteroatoms. The van der Waals surface area contributed by atoms with Crippen LogP contribution in [0.2, 0.25) is 10.2 Å². The van der Waals surface area contributed by atoms with Crippen molar-refractivity contribution in [3.63, 3.8) is 0 Å². The van der Waals surface area contributed by atoms with E-state index in [-0.39, 0.29) is 15.1 Å². The van der Waals surface area contributed by atoms with Gasteiger partial charge in [0, 0.05) is 16.0 Å². The summed E-state index contributed by atoms with van der Waals surface area (Å²) < 4.78 is 25.7. The minimum Gasteiger partial charge on any atom is -0.382 e. The number of fused-ring (bicyclic) bond motifs is 1. The van der Waals surface area contributed by atoms with E-state index in [9.17, 15) is 13.2 Å². The van der Waals surface area contributed by atoms with E-state index in [1.807, 2.05) is 48.5 Å². The van der Waals surface area contributed by atoms with Crippen molar-refractivity contribution < 1.29 is 13.2 Å². The van der Waals surface area contributed by atoms with E-state index >= 15 is 0 Å². The number of amides is 1. The number of sulfone groups is 1. The van der Waals surface area contributed by atoms with Gasteiger partial charge in [0.05, 0.1) is 16.5 Å². The van der Waals surface area contributed by atoms with Crippen LogP contribution in [0.25, 0.3) is 22.2 Å². The van der Waals surface area contributed by atoms with Crippen LogP contribution in [0.3, 0.4) is 0 Å². The van der Waals surface area contributed by atoms with E-state index < -0.39 is 27.5 Å². The monoisotopic (exact) mass is 568 g/mol. The van der Waals surface area contributed by atoms with Crippen LogP contribution in [0.1, 0.15) is 17.4 Å². The van der Waals surface area contributed by atoms with E-state index in [1.54, 1.807) is 6.07 Å². The first-order chi connectivity index (χ1) is 18.2. The van der Waals surface area contributed by atoms with Crippen molar-refractivity contribution >= 4 is 55.7 Å². The molecule has 194 valence electrons. The molecule has 1 atom stereocenters. The Morgan fingerprint density at radius 1 is 1.03 bits per heavy atom. The van der Waals surface area contributed by atoms with Crippen LogP contribution in [-0.4, -0.2) is 40.2 Å². The fraction of sp³-hybridized carbons (Fsp3) is 0.115. The van der Waals surface area contributed by atoms with Gasteiger partial charge in [-0.25, -0.2) is 13.4 Å². The zero-order chi connectivity index (χ0) is 26.9. The zero-order valence-electron chi connectivity index (χ0n) is 19.8. The van der Waals surface area contributed by atoms with E-state index in [0.717, 1.165) is 16.5 Å². The summed E-state index contributed by atoms with van der Waals surface area (Å²) in [6.07, 6.45) is 0.350. The molecule has 0 spiro atoms. The predicted molar refractivity (Wildman–Crippen MR) is 148 cm³/mol. The molecule has 0 saturated carbocycles. The molecule has 5 N–H and O–H groups in total. The number of hydrogen-bond donors (Lipinski definition) is 4. The van der Waals surface area contributed by atoms with Crippen molar-refractivity contribution in [3.8, 4) is 11.3 Å². The van der Waals surface area contributed by atoms with Gasteiger partial charge in [-0.1, -0.05) is 65.7 Å². The number of hydrogen-bond acceptors (Lipinski definition) is 6. The summed E-state index contributed by atoms with van der Waals surface area (Å²) >= 11 is 12.5. The molecule has 0 bridgehead atoms. The fourth-order valence-electron chi connectivity index (χ4n) is 4.13. The third kappa shape index (κ3) is 5.52. The lowest BCUT2D eigenvalue weighted by molar-refractivity contribution is -0.119. The van der Waals surface area contributed by atoms with Gasteiger partial charge >= 0.3 is 0 Å². The van der Waals surface area contributed by atoms with Crippen LogP contribution in [0.4, 0.5) is 5.82 Å². The first-order valence-electron chi connectivity index (χ1n) is 11.5.